The first-order valence-electron chi connectivity index (χ1n) is 15.7. The minimum Gasteiger partial charge on any atom is -0.447 e. The van der Waals surface area contributed by atoms with E-state index in [1.165, 1.54) is 42.7 Å². The maximum atomic E-state index is 15.6. The van der Waals surface area contributed by atoms with Crippen molar-refractivity contribution in [2.24, 2.45) is 5.41 Å². The van der Waals surface area contributed by atoms with Gasteiger partial charge in [-0.2, -0.15) is 28.5 Å². The number of benzene rings is 2. The molecule has 2 amide bonds. The number of nitrogens with zero attached hydrogens (tertiary/aromatic N) is 7. The predicted molar refractivity (Wildman–Crippen MR) is 171 cm³/mol. The number of hydrogen-bond donors (Lipinski definition) is 3. The van der Waals surface area contributed by atoms with Crippen molar-refractivity contribution in [3.63, 3.8) is 0 Å². The molecule has 2 atom stereocenters. The van der Waals surface area contributed by atoms with Gasteiger partial charge in [0.1, 0.15) is 29.7 Å². The summed E-state index contributed by atoms with van der Waals surface area (Å²) in [7, 11) is 0. The molecule has 0 radical (unpaired) electrons. The first-order chi connectivity index (χ1) is 24.4. The van der Waals surface area contributed by atoms with Crippen molar-refractivity contribution in [3.8, 4) is 11.4 Å². The number of alkyl carbamates (subject to hydrolysis) is 1. The van der Waals surface area contributed by atoms with Gasteiger partial charge in [-0.1, -0.05) is 44.5 Å². The van der Waals surface area contributed by atoms with E-state index in [1.54, 1.807) is 0 Å². The summed E-state index contributed by atoms with van der Waals surface area (Å²) in [6.07, 6.45) is -6.40. The fourth-order valence-electron chi connectivity index (χ4n) is 6.20. The van der Waals surface area contributed by atoms with Gasteiger partial charge in [0.2, 0.25) is 0 Å². The van der Waals surface area contributed by atoms with Crippen LogP contribution in [0, 0.1) is 16.6 Å². The third kappa shape index (κ3) is 6.75. The predicted octanol–water partition coefficient (Wildman–Crippen LogP) is 6.14. The van der Waals surface area contributed by atoms with Crippen LogP contribution in [-0.2, 0) is 15.1 Å². The molecular formula is C32H31ClF6N10O3. The molecule has 0 spiro atoms. The number of carbonyl (C=O) groups excluding carboxylic acids is 2. The summed E-state index contributed by atoms with van der Waals surface area (Å²) in [6.45, 7) is 4.65. The van der Waals surface area contributed by atoms with Gasteiger partial charge in [0.15, 0.2) is 17.6 Å². The van der Waals surface area contributed by atoms with Gasteiger partial charge in [0, 0.05) is 0 Å². The van der Waals surface area contributed by atoms with Crippen LogP contribution >= 0.6 is 11.6 Å². The average Bonchev–Trinajstić information content (AvgIpc) is 3.37. The number of guanidine groups is 1. The van der Waals surface area contributed by atoms with Crippen LogP contribution in [-0.4, -0.2) is 70.9 Å². The number of aromatic nitrogens is 6. The van der Waals surface area contributed by atoms with E-state index in [0.29, 0.717) is 0 Å². The minimum absolute atomic E-state index is 0.00125. The van der Waals surface area contributed by atoms with Gasteiger partial charge < -0.3 is 15.4 Å². The Bertz CT molecular complexity index is 2010. The van der Waals surface area contributed by atoms with E-state index in [0.717, 1.165) is 26.8 Å². The number of hydrogen-bond acceptors (Lipinski definition) is 8. The Morgan fingerprint density at radius 1 is 1.08 bits per heavy atom. The highest BCUT2D eigenvalue weighted by Gasteiger charge is 2.64. The zero-order valence-corrected chi connectivity index (χ0v) is 28.4. The Labute approximate surface area is 296 Å². The molecule has 3 N–H and O–H groups in total. The van der Waals surface area contributed by atoms with Crippen LogP contribution < -0.4 is 10.6 Å². The Morgan fingerprint density at radius 3 is 2.37 bits per heavy atom. The second kappa shape index (κ2) is 13.1. The molecule has 2 aromatic heterocycles. The molecule has 1 saturated heterocycles. The Hall–Kier alpha value is -5.20. The lowest BCUT2D eigenvalue weighted by Gasteiger charge is -2.35. The molecule has 276 valence electrons. The summed E-state index contributed by atoms with van der Waals surface area (Å²) in [6, 6.07) is 6.39. The fourth-order valence-corrected chi connectivity index (χ4v) is 6.40. The number of ether oxygens (including phenoxy) is 1. The average molecular weight is 753 g/mol. The molecule has 0 bridgehead atoms. The molecule has 2 aliphatic rings. The monoisotopic (exact) mass is 752 g/mol. The van der Waals surface area contributed by atoms with Crippen LogP contribution in [0.25, 0.3) is 11.4 Å². The summed E-state index contributed by atoms with van der Waals surface area (Å²) >= 11 is 6.38. The molecule has 2 fully saturated rings. The van der Waals surface area contributed by atoms with Crippen molar-refractivity contribution < 1.29 is 40.7 Å². The molecule has 3 heterocycles. The largest absolute Gasteiger partial charge is 0.447 e. The zero-order valence-electron chi connectivity index (χ0n) is 27.7. The van der Waals surface area contributed by atoms with Gasteiger partial charge in [0.05, 0.1) is 29.1 Å². The minimum atomic E-state index is -4.75. The summed E-state index contributed by atoms with van der Waals surface area (Å²) in [5, 5.41) is 25.4. The van der Waals surface area contributed by atoms with Gasteiger partial charge in [-0.3, -0.25) is 15.1 Å². The molecule has 13 nitrogen and oxygen atoms in total. The summed E-state index contributed by atoms with van der Waals surface area (Å²) < 4.78 is 90.1. The zero-order chi connectivity index (χ0) is 37.8. The molecule has 1 aliphatic heterocycles. The maximum absolute atomic E-state index is 15.6. The second-order valence-corrected chi connectivity index (χ2v) is 14.0. The van der Waals surface area contributed by atoms with E-state index in [2.05, 4.69) is 25.6 Å². The lowest BCUT2D eigenvalue weighted by atomic mass is 9.75. The highest BCUT2D eigenvalue weighted by molar-refractivity contribution is 6.32. The number of nitrogens with one attached hydrogen (secondary N) is 3. The van der Waals surface area contributed by atoms with E-state index >= 15 is 4.39 Å². The van der Waals surface area contributed by atoms with Crippen molar-refractivity contribution in [2.75, 3.05) is 6.61 Å². The third-order valence-corrected chi connectivity index (χ3v) is 9.02. The van der Waals surface area contributed by atoms with Crippen LogP contribution in [0.4, 0.5) is 31.1 Å². The van der Waals surface area contributed by atoms with Gasteiger partial charge in [-0.25, -0.2) is 27.6 Å². The van der Waals surface area contributed by atoms with Crippen molar-refractivity contribution in [2.45, 2.75) is 69.8 Å². The molecule has 1 saturated carbocycles. The van der Waals surface area contributed by atoms with Crippen LogP contribution in [0.2, 0.25) is 5.02 Å². The van der Waals surface area contributed by atoms with Gasteiger partial charge >= 0.3 is 12.3 Å². The SMILES string of the molecule is CC(C)(C)C[C@]1(c2ccc(-n3nccn3)c(F)c2)NC(=N)N([C@H](COC(=O)NC2(C(F)(F)F)CC2)c2ccc(Cl)c(-n3ncnc3C(F)F)c2)C1=O. The van der Waals surface area contributed by atoms with Crippen LogP contribution in [0.15, 0.2) is 55.1 Å². The lowest BCUT2D eigenvalue weighted by molar-refractivity contribution is -0.164. The molecule has 20 heteroatoms. The molecule has 4 aromatic rings. The summed E-state index contributed by atoms with van der Waals surface area (Å²) in [4.78, 5) is 33.1. The van der Waals surface area contributed by atoms with Crippen molar-refractivity contribution >= 4 is 29.6 Å². The van der Waals surface area contributed by atoms with E-state index in [9.17, 15) is 31.5 Å². The van der Waals surface area contributed by atoms with Crippen molar-refractivity contribution in [1.29, 1.82) is 5.41 Å². The number of carbonyl (C=O) groups is 2. The van der Waals surface area contributed by atoms with Gasteiger partial charge in [0.25, 0.3) is 12.3 Å². The fraction of sp³-hybridized carbons (Fsp3) is 0.406. The first kappa shape index (κ1) is 36.6. The second-order valence-electron chi connectivity index (χ2n) is 13.6. The molecule has 1 aliphatic carbocycles. The van der Waals surface area contributed by atoms with Crippen molar-refractivity contribution in [3.05, 3.63) is 82.9 Å². The van der Waals surface area contributed by atoms with E-state index in [4.69, 9.17) is 21.7 Å². The quantitative estimate of drug-likeness (QED) is 0.163. The highest BCUT2D eigenvalue weighted by atomic mass is 35.5. The molecule has 6 rings (SSSR count). The number of rotatable bonds is 10. The third-order valence-electron chi connectivity index (χ3n) is 8.70. The number of amides is 2. The lowest BCUT2D eigenvalue weighted by Crippen LogP contribution is -2.49. The normalized spacial score (nSPS) is 19.2. The van der Waals surface area contributed by atoms with E-state index in [-0.39, 0.29) is 46.8 Å². The van der Waals surface area contributed by atoms with Gasteiger partial charge in [-0.05, 0) is 60.1 Å². The van der Waals surface area contributed by atoms with Crippen LogP contribution in [0.5, 0.6) is 0 Å². The standard InChI is InChI=1S/C32H31ClF6N10O3/c1-29(2,3)15-31(18-5-7-21(20(34)13-18)49-42-10-11-43-49)26(50)47(27(40)45-31)23(14-52-28(51)46-30(8-9-30)32(37,38)39)17-4-6-19(33)22(12-17)48-25(24(35)36)41-16-44-48/h4-7,10-13,16,23-24H,8-9,14-15H2,1-3H3,(H2,40,45)(H,46,51)/t23-,31-/m1/s1. The van der Waals surface area contributed by atoms with E-state index < -0.39 is 71.3 Å². The van der Waals surface area contributed by atoms with Crippen LogP contribution in [0.3, 0.4) is 0 Å². The summed E-state index contributed by atoms with van der Waals surface area (Å²) in [5.74, 6) is -2.88. The highest BCUT2D eigenvalue weighted by Crippen LogP contribution is 2.49. The Kier molecular flexibility index (Phi) is 9.21. The summed E-state index contributed by atoms with van der Waals surface area (Å²) in [5.41, 5.74) is -4.84. The molecule has 52 heavy (non-hydrogen) atoms. The Morgan fingerprint density at radius 2 is 1.77 bits per heavy atom. The van der Waals surface area contributed by atoms with Gasteiger partial charge in [-0.15, -0.1) is 4.80 Å². The van der Waals surface area contributed by atoms with Crippen molar-refractivity contribution in [1.82, 2.24) is 45.3 Å². The molecule has 0 unspecified atom stereocenters. The topological polar surface area (TPSA) is 156 Å². The number of alkyl halides is 5. The smallest absolute Gasteiger partial charge is 0.411 e. The maximum Gasteiger partial charge on any atom is 0.411 e. The number of halogens is 7. The molecule has 2 aromatic carbocycles. The molecular weight excluding hydrogens is 722 g/mol. The Balaban J connectivity index is 1.42. The van der Waals surface area contributed by atoms with Crippen LogP contribution in [0.1, 0.15) is 69.5 Å². The van der Waals surface area contributed by atoms with E-state index in [1.807, 2.05) is 26.1 Å². The first-order valence-corrected chi connectivity index (χ1v) is 16.1.